The van der Waals surface area contributed by atoms with Crippen LogP contribution in [0.25, 0.3) is 0 Å². The summed E-state index contributed by atoms with van der Waals surface area (Å²) >= 11 is 13.7. The van der Waals surface area contributed by atoms with Gasteiger partial charge >= 0.3 is 0 Å². The van der Waals surface area contributed by atoms with Crippen molar-refractivity contribution >= 4 is 43.5 Å². The van der Waals surface area contributed by atoms with Crippen LogP contribution in [0, 0.1) is 6.92 Å². The van der Waals surface area contributed by atoms with Crippen LogP contribution in [0.1, 0.15) is 22.1 Å². The summed E-state index contributed by atoms with van der Waals surface area (Å²) in [5.41, 5.74) is 3.02. The van der Waals surface area contributed by atoms with Crippen molar-refractivity contribution in [3.63, 3.8) is 0 Å². The van der Waals surface area contributed by atoms with Crippen molar-refractivity contribution in [1.29, 1.82) is 0 Å². The van der Waals surface area contributed by atoms with E-state index >= 15 is 0 Å². The highest BCUT2D eigenvalue weighted by atomic mass is 79.9. The molecular weight excluding hydrogens is 419 g/mol. The number of ether oxygens (including phenoxy) is 2. The molecule has 2 aromatic rings. The minimum Gasteiger partial charge on any atom is -0.496 e. The Morgan fingerprint density at radius 1 is 0.905 bits per heavy atom. The molecular formula is C16H15Br2ClO2. The van der Waals surface area contributed by atoms with Gasteiger partial charge in [0.05, 0.1) is 24.1 Å². The van der Waals surface area contributed by atoms with E-state index in [1.54, 1.807) is 14.2 Å². The standard InChI is InChI=1S/C16H15Br2ClO2/c1-9-4-5-12(17)10(6-9)16(19)11-7-15(21-3)13(18)8-14(11)20-2/h4-8,16H,1-3H3. The monoisotopic (exact) mass is 432 g/mol. The highest BCUT2D eigenvalue weighted by Crippen LogP contribution is 2.42. The topological polar surface area (TPSA) is 18.5 Å². The molecule has 0 N–H and O–H groups in total. The van der Waals surface area contributed by atoms with Gasteiger partial charge in [0.25, 0.3) is 0 Å². The van der Waals surface area contributed by atoms with E-state index < -0.39 is 0 Å². The van der Waals surface area contributed by atoms with Gasteiger partial charge in [0.1, 0.15) is 11.5 Å². The van der Waals surface area contributed by atoms with Crippen LogP contribution in [0.3, 0.4) is 0 Å². The van der Waals surface area contributed by atoms with Gasteiger partial charge in [-0.1, -0.05) is 33.6 Å². The first-order valence-electron chi connectivity index (χ1n) is 6.29. The first-order valence-corrected chi connectivity index (χ1v) is 8.31. The Labute approximate surface area is 146 Å². The van der Waals surface area contributed by atoms with E-state index in [9.17, 15) is 0 Å². The maximum atomic E-state index is 6.69. The summed E-state index contributed by atoms with van der Waals surface area (Å²) in [6.07, 6.45) is 0. The summed E-state index contributed by atoms with van der Waals surface area (Å²) in [6.45, 7) is 2.04. The van der Waals surface area contributed by atoms with Crippen molar-refractivity contribution in [3.05, 3.63) is 56.0 Å². The highest BCUT2D eigenvalue weighted by Gasteiger charge is 2.20. The summed E-state index contributed by atoms with van der Waals surface area (Å²) in [5.74, 6) is 1.44. The Bertz CT molecular complexity index is 659. The lowest BCUT2D eigenvalue weighted by Gasteiger charge is -2.18. The van der Waals surface area contributed by atoms with E-state index in [4.69, 9.17) is 21.1 Å². The molecule has 0 radical (unpaired) electrons. The maximum Gasteiger partial charge on any atom is 0.133 e. The first kappa shape index (κ1) is 16.7. The number of aryl methyl sites for hydroxylation is 1. The Morgan fingerprint density at radius 2 is 1.57 bits per heavy atom. The summed E-state index contributed by atoms with van der Waals surface area (Å²) in [7, 11) is 3.26. The van der Waals surface area contributed by atoms with Gasteiger partial charge in [-0.2, -0.15) is 0 Å². The number of hydrogen-bond acceptors (Lipinski definition) is 2. The SMILES string of the molecule is COc1cc(C(Cl)c2cc(C)ccc2Br)c(OC)cc1Br. The molecule has 2 nitrogen and oxygen atoms in total. The smallest absolute Gasteiger partial charge is 0.133 e. The second-order valence-electron chi connectivity index (χ2n) is 4.62. The average molecular weight is 435 g/mol. The molecule has 0 spiro atoms. The number of rotatable bonds is 4. The molecule has 5 heteroatoms. The highest BCUT2D eigenvalue weighted by molar-refractivity contribution is 9.10. The van der Waals surface area contributed by atoms with Gasteiger partial charge in [-0.15, -0.1) is 11.6 Å². The Balaban J connectivity index is 2.56. The summed E-state index contributed by atoms with van der Waals surface area (Å²) in [5, 5.41) is -0.337. The molecule has 2 aromatic carbocycles. The summed E-state index contributed by atoms with van der Waals surface area (Å²) in [4.78, 5) is 0. The van der Waals surface area contributed by atoms with Crippen molar-refractivity contribution in [1.82, 2.24) is 0 Å². The van der Waals surface area contributed by atoms with Gasteiger partial charge in [-0.05, 0) is 46.6 Å². The largest absolute Gasteiger partial charge is 0.496 e. The van der Waals surface area contributed by atoms with Gasteiger partial charge in [-0.3, -0.25) is 0 Å². The van der Waals surface area contributed by atoms with Crippen LogP contribution in [0.15, 0.2) is 39.3 Å². The predicted molar refractivity (Wildman–Crippen MR) is 93.8 cm³/mol. The van der Waals surface area contributed by atoms with Crippen molar-refractivity contribution in [2.75, 3.05) is 14.2 Å². The third kappa shape index (κ3) is 3.55. The fourth-order valence-corrected chi connectivity index (χ4v) is 3.55. The van der Waals surface area contributed by atoms with Crippen molar-refractivity contribution in [2.45, 2.75) is 12.3 Å². The number of alkyl halides is 1. The molecule has 2 rings (SSSR count). The Hall–Kier alpha value is -0.710. The third-order valence-corrected chi connectivity index (χ3v) is 5.01. The van der Waals surface area contributed by atoms with Crippen LogP contribution >= 0.6 is 43.5 Å². The zero-order valence-corrected chi connectivity index (χ0v) is 15.8. The van der Waals surface area contributed by atoms with Gasteiger partial charge in [-0.25, -0.2) is 0 Å². The molecule has 1 atom stereocenters. The van der Waals surface area contributed by atoms with Crippen LogP contribution in [0.5, 0.6) is 11.5 Å². The van der Waals surface area contributed by atoms with E-state index in [2.05, 4.69) is 37.9 Å². The van der Waals surface area contributed by atoms with Crippen LogP contribution in [0.4, 0.5) is 0 Å². The molecule has 21 heavy (non-hydrogen) atoms. The molecule has 112 valence electrons. The molecule has 0 aliphatic heterocycles. The molecule has 0 saturated heterocycles. The number of hydrogen-bond donors (Lipinski definition) is 0. The molecule has 0 amide bonds. The van der Waals surface area contributed by atoms with Gasteiger partial charge in [0.2, 0.25) is 0 Å². The molecule has 0 saturated carbocycles. The molecule has 0 aliphatic carbocycles. The molecule has 0 bridgehead atoms. The molecule has 0 heterocycles. The quantitative estimate of drug-likeness (QED) is 0.561. The zero-order chi connectivity index (χ0) is 15.6. The van der Waals surface area contributed by atoms with Crippen molar-refractivity contribution in [3.8, 4) is 11.5 Å². The lowest BCUT2D eigenvalue weighted by molar-refractivity contribution is 0.397. The van der Waals surface area contributed by atoms with Crippen LogP contribution in [-0.4, -0.2) is 14.2 Å². The third-order valence-electron chi connectivity index (χ3n) is 3.20. The number of methoxy groups -OCH3 is 2. The summed E-state index contributed by atoms with van der Waals surface area (Å²) < 4.78 is 12.6. The fraction of sp³-hybridized carbons (Fsp3) is 0.250. The normalized spacial score (nSPS) is 12.1. The van der Waals surface area contributed by atoms with E-state index in [0.29, 0.717) is 0 Å². The van der Waals surface area contributed by atoms with E-state index in [0.717, 1.165) is 37.1 Å². The van der Waals surface area contributed by atoms with Gasteiger partial charge in [0.15, 0.2) is 0 Å². The van der Waals surface area contributed by atoms with Gasteiger partial charge < -0.3 is 9.47 Å². The number of halogens is 3. The molecule has 1 unspecified atom stereocenters. The zero-order valence-electron chi connectivity index (χ0n) is 11.9. The second kappa shape index (κ2) is 7.03. The van der Waals surface area contributed by atoms with Crippen LogP contribution in [0.2, 0.25) is 0 Å². The lowest BCUT2D eigenvalue weighted by Crippen LogP contribution is -2.00. The second-order valence-corrected chi connectivity index (χ2v) is 6.76. The van der Waals surface area contributed by atoms with Crippen LogP contribution in [-0.2, 0) is 0 Å². The maximum absolute atomic E-state index is 6.69. The van der Waals surface area contributed by atoms with E-state index in [1.807, 2.05) is 31.2 Å². The fourth-order valence-electron chi connectivity index (χ4n) is 2.11. The minimum atomic E-state index is -0.337. The Morgan fingerprint density at radius 3 is 2.19 bits per heavy atom. The summed E-state index contributed by atoms with van der Waals surface area (Å²) in [6, 6.07) is 9.87. The average Bonchev–Trinajstić information content (AvgIpc) is 2.48. The minimum absolute atomic E-state index is 0.337. The molecule has 0 aromatic heterocycles. The van der Waals surface area contributed by atoms with Crippen LogP contribution < -0.4 is 9.47 Å². The predicted octanol–water partition coefficient (Wildman–Crippen LogP) is 5.87. The van der Waals surface area contributed by atoms with E-state index in [1.165, 1.54) is 0 Å². The van der Waals surface area contributed by atoms with E-state index in [-0.39, 0.29) is 5.38 Å². The van der Waals surface area contributed by atoms with Crippen molar-refractivity contribution in [2.24, 2.45) is 0 Å². The molecule has 0 fully saturated rings. The first-order chi connectivity index (χ1) is 9.97. The van der Waals surface area contributed by atoms with Gasteiger partial charge in [0, 0.05) is 10.0 Å². The Kier molecular flexibility index (Phi) is 5.58. The number of benzene rings is 2. The lowest BCUT2D eigenvalue weighted by atomic mass is 10.0. The van der Waals surface area contributed by atoms with Crippen molar-refractivity contribution < 1.29 is 9.47 Å². The molecule has 0 aliphatic rings.